The number of nitrogens with one attached hydrogen (secondary N) is 1. The van der Waals surface area contributed by atoms with Crippen molar-refractivity contribution in [2.24, 2.45) is 5.10 Å². The highest BCUT2D eigenvalue weighted by Crippen LogP contribution is 2.36. The summed E-state index contributed by atoms with van der Waals surface area (Å²) in [6.07, 6.45) is 1.45. The number of amides is 1. The Morgan fingerprint density at radius 2 is 2.00 bits per heavy atom. The Hall–Kier alpha value is -2.68. The monoisotopic (exact) mass is 455 g/mol. The molecule has 150 valence electrons. The van der Waals surface area contributed by atoms with Crippen LogP contribution in [0, 0.1) is 11.6 Å². The highest BCUT2D eigenvalue weighted by atomic mass is 79.9. The highest BCUT2D eigenvalue weighted by Gasteiger charge is 2.14. The third kappa shape index (κ3) is 5.91. The molecule has 0 aliphatic rings. The number of benzene rings is 2. The quantitative estimate of drug-likeness (QED) is 0.481. The van der Waals surface area contributed by atoms with Crippen molar-refractivity contribution >= 4 is 33.7 Å². The van der Waals surface area contributed by atoms with Crippen molar-refractivity contribution in [1.82, 2.24) is 4.90 Å². The molecular formula is C19H20BrF2N3O3. The average molecular weight is 456 g/mol. The molecule has 1 amide bonds. The van der Waals surface area contributed by atoms with Crippen LogP contribution in [0.1, 0.15) is 12.5 Å². The molecule has 2 rings (SSSR count). The second kappa shape index (κ2) is 10.0. The van der Waals surface area contributed by atoms with E-state index < -0.39 is 11.6 Å². The number of anilines is 1. The van der Waals surface area contributed by atoms with Crippen molar-refractivity contribution in [1.29, 1.82) is 0 Å². The number of hydrogen-bond acceptors (Lipinski definition) is 5. The van der Waals surface area contributed by atoms with Gasteiger partial charge in [0.2, 0.25) is 0 Å². The van der Waals surface area contributed by atoms with Crippen LogP contribution in [0.15, 0.2) is 39.9 Å². The Balaban J connectivity index is 2.17. The van der Waals surface area contributed by atoms with E-state index >= 15 is 0 Å². The van der Waals surface area contributed by atoms with Crippen LogP contribution in [0.25, 0.3) is 0 Å². The molecule has 0 atom stereocenters. The van der Waals surface area contributed by atoms with E-state index in [-0.39, 0.29) is 18.2 Å². The molecule has 2 aromatic rings. The lowest BCUT2D eigenvalue weighted by atomic mass is 10.2. The molecule has 0 heterocycles. The third-order valence-electron chi connectivity index (χ3n) is 3.50. The number of hydrazone groups is 1. The van der Waals surface area contributed by atoms with E-state index in [4.69, 9.17) is 9.47 Å². The van der Waals surface area contributed by atoms with Gasteiger partial charge in [-0.25, -0.2) is 8.78 Å². The molecule has 6 nitrogen and oxygen atoms in total. The van der Waals surface area contributed by atoms with E-state index in [0.717, 1.165) is 12.1 Å². The zero-order chi connectivity index (χ0) is 20.7. The van der Waals surface area contributed by atoms with Gasteiger partial charge in [-0.3, -0.25) is 10.2 Å². The minimum absolute atomic E-state index is 0.0453. The second-order valence-corrected chi connectivity index (χ2v) is 6.69. The predicted octanol–water partition coefficient (Wildman–Crippen LogP) is 4.04. The number of hydrogen-bond donors (Lipinski definition) is 1. The summed E-state index contributed by atoms with van der Waals surface area (Å²) in [5.74, 6) is -0.779. The standard InChI is InChI=1S/C19H20BrF2N3O3/c1-4-27-17-8-12(7-14(20)19(17)28-11-18(26)25(2)3)10-23-24-16-6-5-13(21)9-15(16)22/h5-10,24H,4,11H2,1-3H3/b23-10+. The van der Waals surface area contributed by atoms with Gasteiger partial charge in [0, 0.05) is 20.2 Å². The van der Waals surface area contributed by atoms with Gasteiger partial charge in [0.05, 0.1) is 23.0 Å². The van der Waals surface area contributed by atoms with E-state index in [1.165, 1.54) is 17.2 Å². The summed E-state index contributed by atoms with van der Waals surface area (Å²) < 4.78 is 38.3. The molecule has 1 N–H and O–H groups in total. The fourth-order valence-electron chi connectivity index (χ4n) is 2.08. The number of halogens is 3. The first kappa shape index (κ1) is 21.6. The van der Waals surface area contributed by atoms with Crippen LogP contribution in [0.2, 0.25) is 0 Å². The molecule has 0 fully saturated rings. The van der Waals surface area contributed by atoms with Crippen molar-refractivity contribution < 1.29 is 23.0 Å². The van der Waals surface area contributed by atoms with Crippen LogP contribution in [0.3, 0.4) is 0 Å². The van der Waals surface area contributed by atoms with E-state index in [9.17, 15) is 13.6 Å². The molecule has 0 radical (unpaired) electrons. The minimum atomic E-state index is -0.748. The van der Waals surface area contributed by atoms with Gasteiger partial charge in [0.1, 0.15) is 5.82 Å². The first-order valence-electron chi connectivity index (χ1n) is 8.35. The molecule has 28 heavy (non-hydrogen) atoms. The number of carbonyl (C=O) groups is 1. The fourth-order valence-corrected chi connectivity index (χ4v) is 2.66. The Bertz CT molecular complexity index is 876. The number of nitrogens with zero attached hydrogens (tertiary/aromatic N) is 2. The normalized spacial score (nSPS) is 10.8. The lowest BCUT2D eigenvalue weighted by Crippen LogP contribution is -2.27. The summed E-state index contributed by atoms with van der Waals surface area (Å²) in [6, 6.07) is 6.54. The maximum Gasteiger partial charge on any atom is 0.259 e. The van der Waals surface area contributed by atoms with Crippen molar-refractivity contribution in [3.05, 3.63) is 52.0 Å². The van der Waals surface area contributed by atoms with Gasteiger partial charge in [-0.2, -0.15) is 5.10 Å². The van der Waals surface area contributed by atoms with E-state index in [2.05, 4.69) is 26.5 Å². The molecule has 0 unspecified atom stereocenters. The first-order chi connectivity index (χ1) is 13.3. The molecule has 0 saturated heterocycles. The molecule has 0 bridgehead atoms. The lowest BCUT2D eigenvalue weighted by molar-refractivity contribution is -0.130. The molecule has 0 saturated carbocycles. The molecule has 0 spiro atoms. The summed E-state index contributed by atoms with van der Waals surface area (Å²) in [7, 11) is 3.28. The molecule has 0 aliphatic carbocycles. The minimum Gasteiger partial charge on any atom is -0.490 e. The predicted molar refractivity (Wildman–Crippen MR) is 107 cm³/mol. The van der Waals surface area contributed by atoms with E-state index in [0.29, 0.717) is 28.1 Å². The molecule has 9 heteroatoms. The van der Waals surface area contributed by atoms with Crippen molar-refractivity contribution in [3.63, 3.8) is 0 Å². The molecule has 0 aliphatic heterocycles. The number of rotatable bonds is 8. The number of ether oxygens (including phenoxy) is 2. The molecule has 2 aromatic carbocycles. The van der Waals surface area contributed by atoms with Crippen LogP contribution in [-0.2, 0) is 4.79 Å². The summed E-state index contributed by atoms with van der Waals surface area (Å²) in [4.78, 5) is 13.2. The lowest BCUT2D eigenvalue weighted by Gasteiger charge is -2.16. The van der Waals surface area contributed by atoms with Crippen LogP contribution >= 0.6 is 15.9 Å². The van der Waals surface area contributed by atoms with E-state index in [1.54, 1.807) is 26.2 Å². The number of carbonyl (C=O) groups excluding carboxylic acids is 1. The topological polar surface area (TPSA) is 63.2 Å². The first-order valence-corrected chi connectivity index (χ1v) is 9.14. The summed E-state index contributed by atoms with van der Waals surface area (Å²) in [5.41, 5.74) is 3.20. The maximum atomic E-state index is 13.6. The third-order valence-corrected chi connectivity index (χ3v) is 4.09. The summed E-state index contributed by atoms with van der Waals surface area (Å²) in [5, 5.41) is 3.96. The Morgan fingerprint density at radius 3 is 2.64 bits per heavy atom. The van der Waals surface area contributed by atoms with Gasteiger partial charge >= 0.3 is 0 Å². The Morgan fingerprint density at radius 1 is 1.25 bits per heavy atom. The SMILES string of the molecule is CCOc1cc(/C=N/Nc2ccc(F)cc2F)cc(Br)c1OCC(=O)N(C)C. The van der Waals surface area contributed by atoms with Gasteiger partial charge < -0.3 is 14.4 Å². The summed E-state index contributed by atoms with van der Waals surface area (Å²) >= 11 is 3.40. The Kier molecular flexibility index (Phi) is 7.74. The second-order valence-electron chi connectivity index (χ2n) is 5.83. The van der Waals surface area contributed by atoms with Crippen LogP contribution < -0.4 is 14.9 Å². The maximum absolute atomic E-state index is 13.6. The van der Waals surface area contributed by atoms with Gasteiger partial charge in [-0.1, -0.05) is 0 Å². The van der Waals surface area contributed by atoms with Gasteiger partial charge in [-0.05, 0) is 52.7 Å². The van der Waals surface area contributed by atoms with Crippen LogP contribution in [0.4, 0.5) is 14.5 Å². The van der Waals surface area contributed by atoms with Gasteiger partial charge in [0.25, 0.3) is 5.91 Å². The van der Waals surface area contributed by atoms with Crippen LogP contribution in [0.5, 0.6) is 11.5 Å². The largest absolute Gasteiger partial charge is 0.490 e. The van der Waals surface area contributed by atoms with Crippen LogP contribution in [-0.4, -0.2) is 44.3 Å². The summed E-state index contributed by atoms with van der Waals surface area (Å²) in [6.45, 7) is 2.08. The smallest absolute Gasteiger partial charge is 0.259 e. The zero-order valence-electron chi connectivity index (χ0n) is 15.6. The fraction of sp³-hybridized carbons (Fsp3) is 0.263. The Labute approximate surface area is 170 Å². The molecular weight excluding hydrogens is 436 g/mol. The zero-order valence-corrected chi connectivity index (χ0v) is 17.2. The molecule has 0 aromatic heterocycles. The highest BCUT2D eigenvalue weighted by molar-refractivity contribution is 9.10. The van der Waals surface area contributed by atoms with Gasteiger partial charge in [0.15, 0.2) is 23.9 Å². The van der Waals surface area contributed by atoms with E-state index in [1.807, 2.05) is 6.92 Å². The van der Waals surface area contributed by atoms with Crippen molar-refractivity contribution in [3.8, 4) is 11.5 Å². The van der Waals surface area contributed by atoms with Gasteiger partial charge in [-0.15, -0.1) is 0 Å². The van der Waals surface area contributed by atoms with Crippen molar-refractivity contribution in [2.75, 3.05) is 32.7 Å². The average Bonchev–Trinajstić information content (AvgIpc) is 2.62. The number of likely N-dealkylation sites (N-methyl/N-ethyl adjacent to an activating group) is 1. The van der Waals surface area contributed by atoms with Crippen molar-refractivity contribution in [2.45, 2.75) is 6.92 Å².